The lowest BCUT2D eigenvalue weighted by molar-refractivity contribution is 0.151. The summed E-state index contributed by atoms with van der Waals surface area (Å²) >= 11 is 0. The predicted octanol–water partition coefficient (Wildman–Crippen LogP) is 2.17. The van der Waals surface area contributed by atoms with Gasteiger partial charge in [0.05, 0.1) is 5.60 Å². The number of nitrogens with zero attached hydrogens (tertiary/aromatic N) is 1. The minimum absolute atomic E-state index is 0.366. The zero-order chi connectivity index (χ0) is 11.9. The zero-order valence-electron chi connectivity index (χ0n) is 10.5. The Kier molecular flexibility index (Phi) is 2.72. The maximum atomic E-state index is 9.89. The highest BCUT2D eigenvalue weighted by atomic mass is 16.3. The van der Waals surface area contributed by atoms with E-state index < -0.39 is 0 Å². The summed E-state index contributed by atoms with van der Waals surface area (Å²) in [6.45, 7) is 2.40. The second kappa shape index (κ2) is 4.11. The molecular weight excluding hydrogens is 210 g/mol. The van der Waals surface area contributed by atoms with Gasteiger partial charge in [-0.05, 0) is 49.9 Å². The Labute approximate surface area is 103 Å². The van der Waals surface area contributed by atoms with Crippen molar-refractivity contribution in [3.8, 4) is 0 Å². The van der Waals surface area contributed by atoms with Gasteiger partial charge in [-0.2, -0.15) is 0 Å². The second-order valence-electron chi connectivity index (χ2n) is 5.89. The largest absolute Gasteiger partial charge is 0.390 e. The molecule has 1 aliphatic carbocycles. The molecule has 17 heavy (non-hydrogen) atoms. The fourth-order valence-corrected chi connectivity index (χ4v) is 2.82. The van der Waals surface area contributed by atoms with Gasteiger partial charge in [-0.3, -0.25) is 0 Å². The molecule has 1 saturated heterocycles. The molecular formula is C15H21NO. The van der Waals surface area contributed by atoms with Gasteiger partial charge < -0.3 is 10.0 Å². The molecule has 0 aromatic heterocycles. The smallest absolute Gasteiger partial charge is 0.0690 e. The van der Waals surface area contributed by atoms with Gasteiger partial charge in [-0.1, -0.05) is 24.3 Å². The fraction of sp³-hybridized carbons (Fsp3) is 0.600. The lowest BCUT2D eigenvalue weighted by atomic mass is 9.96. The minimum Gasteiger partial charge on any atom is -0.390 e. The van der Waals surface area contributed by atoms with Crippen LogP contribution < -0.4 is 0 Å². The second-order valence-corrected chi connectivity index (χ2v) is 5.89. The van der Waals surface area contributed by atoms with Crippen LogP contribution in [-0.4, -0.2) is 35.7 Å². The summed E-state index contributed by atoms with van der Waals surface area (Å²) in [5.41, 5.74) is 2.37. The Morgan fingerprint density at radius 2 is 2.00 bits per heavy atom. The monoisotopic (exact) mass is 231 g/mol. The first-order chi connectivity index (χ1) is 8.15. The van der Waals surface area contributed by atoms with Crippen LogP contribution in [0.4, 0.5) is 0 Å². The molecule has 1 atom stereocenters. The predicted molar refractivity (Wildman–Crippen MR) is 69.2 cm³/mol. The molecule has 1 saturated carbocycles. The molecule has 0 radical (unpaired) electrons. The first-order valence-electron chi connectivity index (χ1n) is 6.64. The molecule has 3 rings (SSSR count). The van der Waals surface area contributed by atoms with Gasteiger partial charge in [0.1, 0.15) is 0 Å². The summed E-state index contributed by atoms with van der Waals surface area (Å²) in [4.78, 5) is 2.39. The number of likely N-dealkylation sites (N-methyl/N-ethyl adjacent to an activating group) is 1. The van der Waals surface area contributed by atoms with E-state index in [0.29, 0.717) is 5.92 Å². The van der Waals surface area contributed by atoms with Crippen LogP contribution in [0, 0.1) is 0 Å². The lowest BCUT2D eigenvalue weighted by Gasteiger charge is -2.12. The van der Waals surface area contributed by atoms with Crippen molar-refractivity contribution < 1.29 is 5.11 Å². The molecule has 0 amide bonds. The van der Waals surface area contributed by atoms with Crippen LogP contribution in [0.25, 0.3) is 0 Å². The van der Waals surface area contributed by atoms with Crippen LogP contribution >= 0.6 is 0 Å². The Hall–Kier alpha value is -0.860. The van der Waals surface area contributed by atoms with Crippen LogP contribution in [0.3, 0.4) is 0 Å². The summed E-state index contributed by atoms with van der Waals surface area (Å²) in [7, 11) is 2.19. The van der Waals surface area contributed by atoms with Gasteiger partial charge in [0.15, 0.2) is 0 Å². The average Bonchev–Trinajstić information content (AvgIpc) is 2.87. The minimum atomic E-state index is -0.366. The standard InChI is InChI=1S/C15H21NO/c1-16-9-6-14(11-16)13-4-2-12(3-5-13)10-15(17)7-8-15/h2-5,14,17H,6-11H2,1H3. The van der Waals surface area contributed by atoms with E-state index in [9.17, 15) is 5.11 Å². The highest BCUT2D eigenvalue weighted by Gasteiger charge is 2.40. The molecule has 0 bridgehead atoms. The molecule has 2 aliphatic rings. The van der Waals surface area contributed by atoms with Crippen LogP contribution in [0.15, 0.2) is 24.3 Å². The van der Waals surface area contributed by atoms with E-state index in [-0.39, 0.29) is 5.60 Å². The normalized spacial score (nSPS) is 27.3. The Bertz CT molecular complexity index is 394. The molecule has 2 nitrogen and oxygen atoms in total. The van der Waals surface area contributed by atoms with Crippen molar-refractivity contribution in [3.05, 3.63) is 35.4 Å². The van der Waals surface area contributed by atoms with Gasteiger partial charge in [0.2, 0.25) is 0 Å². The number of rotatable bonds is 3. The molecule has 0 spiro atoms. The van der Waals surface area contributed by atoms with Crippen molar-refractivity contribution >= 4 is 0 Å². The highest BCUT2D eigenvalue weighted by molar-refractivity contribution is 5.28. The van der Waals surface area contributed by atoms with Crippen LogP contribution in [0.5, 0.6) is 0 Å². The lowest BCUT2D eigenvalue weighted by Crippen LogP contribution is -2.13. The summed E-state index contributed by atoms with van der Waals surface area (Å²) in [5, 5.41) is 9.89. The van der Waals surface area contributed by atoms with E-state index in [0.717, 1.165) is 19.3 Å². The molecule has 1 aromatic rings. The highest BCUT2D eigenvalue weighted by Crippen LogP contribution is 2.38. The third-order valence-corrected chi connectivity index (χ3v) is 4.20. The Morgan fingerprint density at radius 1 is 1.29 bits per heavy atom. The first-order valence-corrected chi connectivity index (χ1v) is 6.64. The van der Waals surface area contributed by atoms with E-state index in [4.69, 9.17) is 0 Å². The van der Waals surface area contributed by atoms with Crippen molar-refractivity contribution in [1.82, 2.24) is 4.90 Å². The molecule has 1 heterocycles. The number of likely N-dealkylation sites (tertiary alicyclic amines) is 1. The van der Waals surface area contributed by atoms with E-state index in [1.54, 1.807) is 0 Å². The quantitative estimate of drug-likeness (QED) is 0.862. The average molecular weight is 231 g/mol. The van der Waals surface area contributed by atoms with Crippen molar-refractivity contribution in [1.29, 1.82) is 0 Å². The number of benzene rings is 1. The van der Waals surface area contributed by atoms with Gasteiger partial charge >= 0.3 is 0 Å². The Balaban J connectivity index is 1.67. The summed E-state index contributed by atoms with van der Waals surface area (Å²) < 4.78 is 0. The molecule has 2 heteroatoms. The SMILES string of the molecule is CN1CCC(c2ccc(CC3(O)CC3)cc2)C1. The van der Waals surface area contributed by atoms with E-state index in [1.165, 1.54) is 30.6 Å². The zero-order valence-corrected chi connectivity index (χ0v) is 10.5. The third kappa shape index (κ3) is 2.53. The number of hydrogen-bond acceptors (Lipinski definition) is 2. The fourth-order valence-electron chi connectivity index (χ4n) is 2.82. The maximum Gasteiger partial charge on any atom is 0.0690 e. The van der Waals surface area contributed by atoms with Crippen molar-refractivity contribution in [3.63, 3.8) is 0 Å². The van der Waals surface area contributed by atoms with Gasteiger partial charge in [0, 0.05) is 13.0 Å². The summed E-state index contributed by atoms with van der Waals surface area (Å²) in [5.74, 6) is 0.707. The van der Waals surface area contributed by atoms with Crippen molar-refractivity contribution in [2.45, 2.75) is 37.2 Å². The molecule has 1 N–H and O–H groups in total. The number of hydrogen-bond donors (Lipinski definition) is 1. The molecule has 92 valence electrons. The van der Waals surface area contributed by atoms with Crippen molar-refractivity contribution in [2.75, 3.05) is 20.1 Å². The Morgan fingerprint density at radius 3 is 2.53 bits per heavy atom. The van der Waals surface area contributed by atoms with Crippen LogP contribution in [0.1, 0.15) is 36.3 Å². The molecule has 1 aromatic carbocycles. The molecule has 1 aliphatic heterocycles. The van der Waals surface area contributed by atoms with Crippen LogP contribution in [0.2, 0.25) is 0 Å². The van der Waals surface area contributed by atoms with Gasteiger partial charge in [-0.25, -0.2) is 0 Å². The number of aliphatic hydroxyl groups is 1. The van der Waals surface area contributed by atoms with Crippen LogP contribution in [-0.2, 0) is 6.42 Å². The summed E-state index contributed by atoms with van der Waals surface area (Å²) in [6.07, 6.45) is 4.06. The maximum absolute atomic E-state index is 9.89. The first kappa shape index (κ1) is 11.2. The third-order valence-electron chi connectivity index (χ3n) is 4.20. The summed E-state index contributed by atoms with van der Waals surface area (Å²) in [6, 6.07) is 8.91. The van der Waals surface area contributed by atoms with E-state index in [1.807, 2.05) is 0 Å². The van der Waals surface area contributed by atoms with Gasteiger partial charge in [0.25, 0.3) is 0 Å². The van der Waals surface area contributed by atoms with Gasteiger partial charge in [-0.15, -0.1) is 0 Å². The topological polar surface area (TPSA) is 23.5 Å². The molecule has 1 unspecified atom stereocenters. The van der Waals surface area contributed by atoms with E-state index >= 15 is 0 Å². The van der Waals surface area contributed by atoms with E-state index in [2.05, 4.69) is 36.2 Å². The van der Waals surface area contributed by atoms with Crippen molar-refractivity contribution in [2.24, 2.45) is 0 Å². The molecule has 2 fully saturated rings.